The lowest BCUT2D eigenvalue weighted by molar-refractivity contribution is -0.113. The largest absolute Gasteiger partial charge is 0.493 e. The maximum atomic E-state index is 13.9. The molecule has 1 aliphatic heterocycles. The van der Waals surface area contributed by atoms with E-state index in [1.165, 1.54) is 11.9 Å². The summed E-state index contributed by atoms with van der Waals surface area (Å²) in [6, 6.07) is 19.0. The fourth-order valence-corrected chi connectivity index (χ4v) is 5.60. The van der Waals surface area contributed by atoms with Crippen molar-refractivity contribution in [2.45, 2.75) is 52.7 Å². The number of hydrogen-bond donors (Lipinski definition) is 2. The van der Waals surface area contributed by atoms with Crippen LogP contribution < -0.4 is 24.8 Å². The molecule has 5 rings (SSSR count). The molecule has 0 bridgehead atoms. The molecule has 2 heterocycles. The van der Waals surface area contributed by atoms with E-state index in [-0.39, 0.29) is 11.3 Å². The van der Waals surface area contributed by atoms with Gasteiger partial charge in [0, 0.05) is 5.70 Å². The average molecular weight is 647 g/mol. The first-order valence-corrected chi connectivity index (χ1v) is 14.9. The van der Waals surface area contributed by atoms with E-state index < -0.39 is 6.04 Å². The molecule has 1 unspecified atom stereocenters. The third-order valence-corrected chi connectivity index (χ3v) is 7.83. The van der Waals surface area contributed by atoms with E-state index in [4.69, 9.17) is 14.2 Å². The number of benzene rings is 3. The van der Waals surface area contributed by atoms with Gasteiger partial charge in [-0.25, -0.2) is 4.68 Å². The fraction of sp³-hybridized carbons (Fsp3) is 0.303. The van der Waals surface area contributed by atoms with Crippen LogP contribution in [0.15, 0.2) is 82.7 Å². The molecule has 1 aliphatic rings. The van der Waals surface area contributed by atoms with Gasteiger partial charge in [-0.1, -0.05) is 57.2 Å². The third-order valence-electron chi connectivity index (χ3n) is 7.24. The van der Waals surface area contributed by atoms with Crippen LogP contribution in [-0.2, 0) is 16.8 Å². The highest BCUT2D eigenvalue weighted by atomic mass is 79.9. The number of hydrogen-bond acceptors (Lipinski definition) is 7. The molecule has 0 saturated heterocycles. The Bertz CT molecular complexity index is 1660. The molecule has 1 aromatic heterocycles. The molecule has 2 N–H and O–H groups in total. The number of fused-ring (bicyclic) bond motifs is 1. The van der Waals surface area contributed by atoms with Crippen LogP contribution in [0.25, 0.3) is 0 Å². The predicted molar refractivity (Wildman–Crippen MR) is 171 cm³/mol. The molecule has 1 atom stereocenters. The molecule has 3 aromatic carbocycles. The van der Waals surface area contributed by atoms with Gasteiger partial charge in [0.2, 0.25) is 5.95 Å². The molecule has 224 valence electrons. The first-order chi connectivity index (χ1) is 20.6. The lowest BCUT2D eigenvalue weighted by atomic mass is 9.87. The van der Waals surface area contributed by atoms with Gasteiger partial charge >= 0.3 is 0 Å². The minimum Gasteiger partial charge on any atom is -0.493 e. The summed E-state index contributed by atoms with van der Waals surface area (Å²) in [6.45, 7) is 11.2. The Morgan fingerprint density at radius 3 is 2.51 bits per heavy atom. The molecule has 9 nitrogen and oxygen atoms in total. The molecule has 0 radical (unpaired) electrons. The maximum absolute atomic E-state index is 13.9. The number of amides is 1. The van der Waals surface area contributed by atoms with Gasteiger partial charge in [-0.05, 0) is 76.1 Å². The van der Waals surface area contributed by atoms with Crippen molar-refractivity contribution >= 4 is 33.5 Å². The highest BCUT2D eigenvalue weighted by Gasteiger charge is 2.35. The molecule has 10 heteroatoms. The van der Waals surface area contributed by atoms with Gasteiger partial charge < -0.3 is 24.8 Å². The Kier molecular flexibility index (Phi) is 8.77. The zero-order valence-corrected chi connectivity index (χ0v) is 26.8. The summed E-state index contributed by atoms with van der Waals surface area (Å²) in [5, 5.41) is 10.7. The van der Waals surface area contributed by atoms with Crippen molar-refractivity contribution < 1.29 is 19.0 Å². The highest BCUT2D eigenvalue weighted by Crippen LogP contribution is 2.43. The standard InChI is InChI=1S/C33H36BrN5O4/c1-7-42-26-11-9-8-10-25(26)38-31(40)28-20(2)37-32-35-19-36-39(32)29(28)22-16-24(34)30(27(17-22)41-6)43-18-21-12-14-23(15-13-21)33(3,4)5/h8-17,19,29H,7,18H2,1-6H3,(H,38,40)(H,35,36,37). The van der Waals surface area contributed by atoms with E-state index >= 15 is 0 Å². The number of nitrogens with zero attached hydrogens (tertiary/aromatic N) is 3. The van der Waals surface area contributed by atoms with Crippen molar-refractivity contribution in [3.63, 3.8) is 0 Å². The number of carbonyl (C=O) groups is 1. The van der Waals surface area contributed by atoms with E-state index in [0.717, 1.165) is 11.1 Å². The first kappa shape index (κ1) is 30.2. The summed E-state index contributed by atoms with van der Waals surface area (Å²) < 4.78 is 20.2. The van der Waals surface area contributed by atoms with Gasteiger partial charge in [0.1, 0.15) is 24.7 Å². The lowest BCUT2D eigenvalue weighted by Gasteiger charge is -2.29. The summed E-state index contributed by atoms with van der Waals surface area (Å²) in [5.74, 6) is 1.92. The van der Waals surface area contributed by atoms with E-state index in [1.54, 1.807) is 11.8 Å². The first-order valence-electron chi connectivity index (χ1n) is 14.1. The van der Waals surface area contributed by atoms with Gasteiger partial charge in [-0.2, -0.15) is 10.1 Å². The van der Waals surface area contributed by atoms with Crippen molar-refractivity contribution in [2.75, 3.05) is 24.4 Å². The van der Waals surface area contributed by atoms with E-state index in [2.05, 4.69) is 81.7 Å². The highest BCUT2D eigenvalue weighted by molar-refractivity contribution is 9.10. The van der Waals surface area contributed by atoms with Crippen LogP contribution >= 0.6 is 15.9 Å². The zero-order valence-electron chi connectivity index (χ0n) is 25.2. The van der Waals surface area contributed by atoms with Crippen molar-refractivity contribution in [3.05, 3.63) is 99.4 Å². The van der Waals surface area contributed by atoms with Gasteiger partial charge in [0.25, 0.3) is 5.91 Å². The number of allylic oxidation sites excluding steroid dienone is 1. The molecule has 0 spiro atoms. The second-order valence-corrected chi connectivity index (χ2v) is 12.1. The molecule has 43 heavy (non-hydrogen) atoms. The normalized spacial score (nSPS) is 14.5. The van der Waals surface area contributed by atoms with E-state index in [9.17, 15) is 4.79 Å². The number of aromatic nitrogens is 3. The summed E-state index contributed by atoms with van der Waals surface area (Å²) in [7, 11) is 1.60. The monoisotopic (exact) mass is 645 g/mol. The summed E-state index contributed by atoms with van der Waals surface area (Å²) in [6.07, 6.45) is 1.46. The van der Waals surface area contributed by atoms with Crippen molar-refractivity contribution in [1.82, 2.24) is 14.8 Å². The van der Waals surface area contributed by atoms with Crippen LogP contribution in [-0.4, -0.2) is 34.4 Å². The van der Waals surface area contributed by atoms with Gasteiger partial charge in [0.05, 0.1) is 29.4 Å². The number of nitrogens with one attached hydrogen (secondary N) is 2. The minimum atomic E-state index is -0.595. The van der Waals surface area contributed by atoms with Gasteiger partial charge in [0.15, 0.2) is 11.5 Å². The van der Waals surface area contributed by atoms with Crippen LogP contribution in [0, 0.1) is 0 Å². The molecule has 1 amide bonds. The van der Waals surface area contributed by atoms with Crippen molar-refractivity contribution in [1.29, 1.82) is 0 Å². The number of rotatable bonds is 9. The summed E-state index contributed by atoms with van der Waals surface area (Å²) in [5.41, 5.74) is 4.86. The van der Waals surface area contributed by atoms with Crippen LogP contribution in [0.2, 0.25) is 0 Å². The lowest BCUT2D eigenvalue weighted by Crippen LogP contribution is -2.31. The Morgan fingerprint density at radius 1 is 1.07 bits per heavy atom. The Hall–Kier alpha value is -4.31. The molecule has 0 fully saturated rings. The number of carbonyl (C=O) groups excluding carboxylic acids is 1. The second-order valence-electron chi connectivity index (χ2n) is 11.2. The molecule has 0 aliphatic carbocycles. The summed E-state index contributed by atoms with van der Waals surface area (Å²) >= 11 is 3.70. The Balaban J connectivity index is 1.47. The third kappa shape index (κ3) is 6.39. The molecule has 0 saturated carbocycles. The van der Waals surface area contributed by atoms with Crippen LogP contribution in [0.3, 0.4) is 0 Å². The van der Waals surface area contributed by atoms with Crippen LogP contribution in [0.5, 0.6) is 17.2 Å². The fourth-order valence-electron chi connectivity index (χ4n) is 5.03. The van der Waals surface area contributed by atoms with E-state index in [0.29, 0.717) is 57.8 Å². The number of para-hydroxylation sites is 2. The number of anilines is 2. The predicted octanol–water partition coefficient (Wildman–Crippen LogP) is 7.25. The van der Waals surface area contributed by atoms with Gasteiger partial charge in [-0.15, -0.1) is 0 Å². The Morgan fingerprint density at radius 2 is 1.81 bits per heavy atom. The number of methoxy groups -OCH3 is 1. The van der Waals surface area contributed by atoms with Crippen molar-refractivity contribution in [2.24, 2.45) is 0 Å². The molecular formula is C33H36BrN5O4. The van der Waals surface area contributed by atoms with E-state index in [1.807, 2.05) is 50.2 Å². The topological polar surface area (TPSA) is 99.5 Å². The summed E-state index contributed by atoms with van der Waals surface area (Å²) in [4.78, 5) is 18.3. The maximum Gasteiger partial charge on any atom is 0.255 e. The molecule has 4 aromatic rings. The minimum absolute atomic E-state index is 0.0787. The zero-order chi connectivity index (χ0) is 30.7. The molecular weight excluding hydrogens is 610 g/mol. The van der Waals surface area contributed by atoms with Gasteiger partial charge in [-0.3, -0.25) is 4.79 Å². The van der Waals surface area contributed by atoms with Crippen molar-refractivity contribution in [3.8, 4) is 17.2 Å². The number of halogens is 1. The Labute approximate surface area is 260 Å². The quantitative estimate of drug-likeness (QED) is 0.198. The smallest absolute Gasteiger partial charge is 0.255 e. The van der Waals surface area contributed by atoms with Crippen LogP contribution in [0.1, 0.15) is 57.4 Å². The SMILES string of the molecule is CCOc1ccccc1NC(=O)C1=C(C)Nc2ncnn2C1c1cc(Br)c(OCc2ccc(C(C)(C)C)cc2)c(OC)c1. The number of ether oxygens (including phenoxy) is 3. The van der Waals surface area contributed by atoms with Crippen LogP contribution in [0.4, 0.5) is 11.6 Å². The average Bonchev–Trinajstić information content (AvgIpc) is 3.44. The second kappa shape index (κ2) is 12.5.